The van der Waals surface area contributed by atoms with Gasteiger partial charge in [0.25, 0.3) is 0 Å². The molecule has 2 atom stereocenters. The fraction of sp³-hybridized carbons (Fsp3) is 0.625. The molecule has 1 N–H and O–H groups in total. The Morgan fingerprint density at radius 2 is 2.05 bits per heavy atom. The van der Waals surface area contributed by atoms with Crippen molar-refractivity contribution in [2.24, 2.45) is 5.92 Å². The van der Waals surface area contributed by atoms with Crippen LogP contribution in [0.1, 0.15) is 47.0 Å². The highest BCUT2D eigenvalue weighted by atomic mass is 16.6. The van der Waals surface area contributed by atoms with E-state index in [9.17, 15) is 10.1 Å². The van der Waals surface area contributed by atoms with E-state index in [4.69, 9.17) is 4.74 Å². The minimum Gasteiger partial charge on any atom is -0.487 e. The van der Waals surface area contributed by atoms with Gasteiger partial charge in [0.1, 0.15) is 5.69 Å². The van der Waals surface area contributed by atoms with Gasteiger partial charge in [-0.3, -0.25) is 10.1 Å². The number of nitro groups is 1. The van der Waals surface area contributed by atoms with Crippen molar-refractivity contribution in [2.45, 2.75) is 53.0 Å². The summed E-state index contributed by atoms with van der Waals surface area (Å²) in [4.78, 5) is 11.0. The first-order valence-corrected chi connectivity index (χ1v) is 7.66. The van der Waals surface area contributed by atoms with Crippen molar-refractivity contribution in [3.63, 3.8) is 0 Å². The van der Waals surface area contributed by atoms with Gasteiger partial charge in [-0.15, -0.1) is 0 Å². The minimum atomic E-state index is -0.372. The zero-order chi connectivity index (χ0) is 15.8. The standard InChI is InChI=1S/C16H26N2O3/c1-5-10-21-15-9-7-8-14(16(15)18(19)20)17-13(4)11-12(3)6-2/h7-9,12-13,17H,5-6,10-11H2,1-4H3. The van der Waals surface area contributed by atoms with E-state index >= 15 is 0 Å². The first kappa shape index (κ1) is 17.3. The fourth-order valence-electron chi connectivity index (χ4n) is 2.25. The van der Waals surface area contributed by atoms with E-state index < -0.39 is 0 Å². The second-order valence-corrected chi connectivity index (χ2v) is 5.55. The maximum Gasteiger partial charge on any atom is 0.333 e. The molecule has 0 aliphatic heterocycles. The molecule has 0 aliphatic rings. The van der Waals surface area contributed by atoms with Gasteiger partial charge in [0.15, 0.2) is 5.75 Å². The molecule has 0 saturated heterocycles. The van der Waals surface area contributed by atoms with Crippen LogP contribution in [0.15, 0.2) is 18.2 Å². The third-order valence-electron chi connectivity index (χ3n) is 3.50. The number of hydrogen-bond donors (Lipinski definition) is 1. The summed E-state index contributed by atoms with van der Waals surface area (Å²) >= 11 is 0. The lowest BCUT2D eigenvalue weighted by Gasteiger charge is -2.19. The Morgan fingerprint density at radius 3 is 2.62 bits per heavy atom. The Labute approximate surface area is 126 Å². The van der Waals surface area contributed by atoms with Crippen molar-refractivity contribution < 1.29 is 9.66 Å². The maximum atomic E-state index is 11.4. The van der Waals surface area contributed by atoms with E-state index in [0.29, 0.717) is 24.0 Å². The van der Waals surface area contributed by atoms with Gasteiger partial charge < -0.3 is 10.1 Å². The largest absolute Gasteiger partial charge is 0.487 e. The Hall–Kier alpha value is -1.78. The number of nitrogens with zero attached hydrogens (tertiary/aromatic N) is 1. The molecule has 5 heteroatoms. The lowest BCUT2D eigenvalue weighted by atomic mass is 10.00. The van der Waals surface area contributed by atoms with E-state index in [1.807, 2.05) is 6.92 Å². The molecule has 0 bridgehead atoms. The maximum absolute atomic E-state index is 11.4. The molecule has 1 aromatic rings. The molecule has 1 rings (SSSR count). The summed E-state index contributed by atoms with van der Waals surface area (Å²) in [5.41, 5.74) is 0.561. The molecule has 2 unspecified atom stereocenters. The molecule has 1 aromatic carbocycles. The summed E-state index contributed by atoms with van der Waals surface area (Å²) in [5, 5.41) is 14.6. The molecule has 0 amide bonds. The summed E-state index contributed by atoms with van der Waals surface area (Å²) in [5.74, 6) is 0.925. The van der Waals surface area contributed by atoms with Gasteiger partial charge in [0, 0.05) is 6.04 Å². The van der Waals surface area contributed by atoms with Crippen LogP contribution in [0.4, 0.5) is 11.4 Å². The number of ether oxygens (including phenoxy) is 1. The first-order valence-electron chi connectivity index (χ1n) is 7.66. The molecule has 0 saturated carbocycles. The van der Waals surface area contributed by atoms with Crippen LogP contribution >= 0.6 is 0 Å². The molecule has 0 aliphatic carbocycles. The van der Waals surface area contributed by atoms with Crippen LogP contribution in [-0.2, 0) is 0 Å². The van der Waals surface area contributed by atoms with Crippen molar-refractivity contribution in [2.75, 3.05) is 11.9 Å². The predicted octanol–water partition coefficient (Wildman–Crippen LogP) is 4.62. The van der Waals surface area contributed by atoms with Crippen LogP contribution in [0.25, 0.3) is 0 Å². The quantitative estimate of drug-likeness (QED) is 0.533. The Balaban J connectivity index is 2.92. The molecule has 0 radical (unpaired) electrons. The SMILES string of the molecule is CCCOc1cccc(NC(C)CC(C)CC)c1[N+](=O)[O-]. The smallest absolute Gasteiger partial charge is 0.333 e. The molecular formula is C16H26N2O3. The average Bonchev–Trinajstić information content (AvgIpc) is 2.44. The zero-order valence-corrected chi connectivity index (χ0v) is 13.4. The molecule has 0 heterocycles. The lowest BCUT2D eigenvalue weighted by Crippen LogP contribution is -2.19. The number of nitrogens with one attached hydrogen (secondary N) is 1. The van der Waals surface area contributed by atoms with Crippen LogP contribution in [0.3, 0.4) is 0 Å². The summed E-state index contributed by atoms with van der Waals surface area (Å²) in [6.45, 7) is 8.84. The van der Waals surface area contributed by atoms with Gasteiger partial charge in [-0.05, 0) is 37.8 Å². The average molecular weight is 294 g/mol. The second-order valence-electron chi connectivity index (χ2n) is 5.55. The van der Waals surface area contributed by atoms with E-state index in [2.05, 4.69) is 26.1 Å². The fourth-order valence-corrected chi connectivity index (χ4v) is 2.25. The van der Waals surface area contributed by atoms with Gasteiger partial charge in [0.2, 0.25) is 0 Å². The van der Waals surface area contributed by atoms with Crippen molar-refractivity contribution in [3.05, 3.63) is 28.3 Å². The van der Waals surface area contributed by atoms with Crippen LogP contribution in [0.2, 0.25) is 0 Å². The lowest BCUT2D eigenvalue weighted by molar-refractivity contribution is -0.385. The molecule has 0 spiro atoms. The van der Waals surface area contributed by atoms with E-state index in [1.54, 1.807) is 18.2 Å². The topological polar surface area (TPSA) is 64.4 Å². The molecular weight excluding hydrogens is 268 g/mol. The second kappa shape index (κ2) is 8.49. The number of benzene rings is 1. The first-order chi connectivity index (χ1) is 9.99. The molecule has 0 aromatic heterocycles. The summed E-state index contributed by atoms with van der Waals surface area (Å²) in [6, 6.07) is 5.36. The Kier molecular flexibility index (Phi) is 6.99. The Bertz CT molecular complexity index is 463. The highest BCUT2D eigenvalue weighted by molar-refractivity contribution is 5.68. The predicted molar refractivity (Wildman–Crippen MR) is 86.0 cm³/mol. The number of hydrogen-bond acceptors (Lipinski definition) is 4. The third-order valence-corrected chi connectivity index (χ3v) is 3.50. The van der Waals surface area contributed by atoms with E-state index in [-0.39, 0.29) is 16.7 Å². The minimum absolute atomic E-state index is 0.0296. The van der Waals surface area contributed by atoms with Crippen LogP contribution in [-0.4, -0.2) is 17.6 Å². The van der Waals surface area contributed by atoms with Gasteiger partial charge >= 0.3 is 5.69 Å². The van der Waals surface area contributed by atoms with Gasteiger partial charge in [-0.25, -0.2) is 0 Å². The van der Waals surface area contributed by atoms with Crippen LogP contribution in [0.5, 0.6) is 5.75 Å². The van der Waals surface area contributed by atoms with Gasteiger partial charge in [-0.1, -0.05) is 33.3 Å². The van der Waals surface area contributed by atoms with Crippen molar-refractivity contribution in [1.29, 1.82) is 0 Å². The highest BCUT2D eigenvalue weighted by Gasteiger charge is 2.22. The van der Waals surface area contributed by atoms with Gasteiger partial charge in [-0.2, -0.15) is 0 Å². The monoisotopic (exact) mass is 294 g/mol. The molecule has 118 valence electrons. The van der Waals surface area contributed by atoms with Crippen molar-refractivity contribution >= 4 is 11.4 Å². The van der Waals surface area contributed by atoms with Crippen molar-refractivity contribution in [1.82, 2.24) is 0 Å². The van der Waals surface area contributed by atoms with Crippen molar-refractivity contribution in [3.8, 4) is 5.75 Å². The highest BCUT2D eigenvalue weighted by Crippen LogP contribution is 2.35. The number of anilines is 1. The Morgan fingerprint density at radius 1 is 1.33 bits per heavy atom. The third kappa shape index (κ3) is 5.25. The summed E-state index contributed by atoms with van der Waals surface area (Å²) in [7, 11) is 0. The van der Waals surface area contributed by atoms with E-state index in [1.165, 1.54) is 0 Å². The number of para-hydroxylation sites is 1. The normalized spacial score (nSPS) is 13.5. The number of nitro benzene ring substituents is 1. The number of rotatable bonds is 9. The summed E-state index contributed by atoms with van der Waals surface area (Å²) < 4.78 is 5.49. The molecule has 0 fully saturated rings. The van der Waals surface area contributed by atoms with Crippen LogP contribution < -0.4 is 10.1 Å². The van der Waals surface area contributed by atoms with E-state index in [0.717, 1.165) is 19.3 Å². The molecule has 5 nitrogen and oxygen atoms in total. The van der Waals surface area contributed by atoms with Gasteiger partial charge in [0.05, 0.1) is 11.5 Å². The van der Waals surface area contributed by atoms with Crippen LogP contribution in [0, 0.1) is 16.0 Å². The zero-order valence-electron chi connectivity index (χ0n) is 13.4. The molecule has 21 heavy (non-hydrogen) atoms. The summed E-state index contributed by atoms with van der Waals surface area (Å²) in [6.07, 6.45) is 2.90.